The van der Waals surface area contributed by atoms with Gasteiger partial charge in [-0.15, -0.1) is 24.8 Å². The highest BCUT2D eigenvalue weighted by Gasteiger charge is 2.56. The molecule has 0 aliphatic carbocycles. The average Bonchev–Trinajstić information content (AvgIpc) is 3.29. The fourth-order valence-corrected chi connectivity index (χ4v) is 6.28. The Bertz CT molecular complexity index is 1940. The standard InChI is InChI=1S/C29H29N6O10P.2ClH/c1-18(27(39)42-16-19-8-3-2-4-9-19)32-46(41,45-22-13-7-11-20-10-5-6-12-21(20)22)43-17-29(33-34-30)25(38)24(37)26(44-29)35-15-14-23(36)31-28(35)40;;/h2-15,18,24-26,37-38H,16-17H2,1H3,(H,32,41)(H,31,36,40);2*1H/t18-,24-,25+,26+,29?,46?;;/m0../s1. The van der Waals surface area contributed by atoms with Crippen LogP contribution in [0.2, 0.25) is 0 Å². The number of aliphatic hydroxyl groups is 2. The van der Waals surface area contributed by atoms with E-state index in [9.17, 15) is 34.7 Å². The first-order valence-electron chi connectivity index (χ1n) is 13.9. The molecule has 16 nitrogen and oxygen atoms in total. The first-order chi connectivity index (χ1) is 22.0. The van der Waals surface area contributed by atoms with Crippen molar-refractivity contribution in [2.75, 3.05) is 6.61 Å². The van der Waals surface area contributed by atoms with Crippen LogP contribution in [0.1, 0.15) is 18.7 Å². The van der Waals surface area contributed by atoms with Crippen molar-refractivity contribution in [2.45, 2.75) is 43.7 Å². The number of rotatable bonds is 12. The van der Waals surface area contributed by atoms with Crippen LogP contribution in [0.15, 0.2) is 99.8 Å². The van der Waals surface area contributed by atoms with E-state index < -0.39 is 61.8 Å². The Morgan fingerprint density at radius 3 is 2.50 bits per heavy atom. The molecular formula is C29H31Cl2N6O10P. The third kappa shape index (κ3) is 8.44. The van der Waals surface area contributed by atoms with Crippen molar-refractivity contribution in [1.29, 1.82) is 0 Å². The third-order valence-corrected chi connectivity index (χ3v) is 8.69. The van der Waals surface area contributed by atoms with E-state index in [0.29, 0.717) is 10.9 Å². The summed E-state index contributed by atoms with van der Waals surface area (Å²) in [6.45, 7) is 0.303. The highest BCUT2D eigenvalue weighted by Crippen LogP contribution is 2.49. The molecule has 2 heterocycles. The molecular weight excluding hydrogens is 694 g/mol. The molecule has 6 atom stereocenters. The van der Waals surface area contributed by atoms with E-state index in [0.717, 1.165) is 22.2 Å². The summed E-state index contributed by atoms with van der Waals surface area (Å²) in [5.41, 5.74) is 5.88. The number of aliphatic hydroxyl groups excluding tert-OH is 2. The molecule has 5 rings (SSSR count). The molecule has 1 saturated heterocycles. The molecule has 1 aromatic heterocycles. The maximum Gasteiger partial charge on any atom is 0.459 e. The fourth-order valence-electron chi connectivity index (χ4n) is 4.74. The number of esters is 1. The molecule has 4 N–H and O–H groups in total. The summed E-state index contributed by atoms with van der Waals surface area (Å²) in [4.78, 5) is 41.5. The van der Waals surface area contributed by atoms with E-state index in [1.54, 1.807) is 60.7 Å². The Morgan fingerprint density at radius 2 is 1.79 bits per heavy atom. The molecule has 3 aromatic carbocycles. The van der Waals surface area contributed by atoms with Crippen LogP contribution in [-0.4, -0.2) is 56.3 Å². The number of nitrogens with zero attached hydrogens (tertiary/aromatic N) is 4. The van der Waals surface area contributed by atoms with E-state index in [1.165, 1.54) is 13.0 Å². The molecule has 0 amide bonds. The Balaban J connectivity index is 0.00000312. The van der Waals surface area contributed by atoms with E-state index in [1.807, 2.05) is 11.1 Å². The lowest BCUT2D eigenvalue weighted by Gasteiger charge is -2.29. The van der Waals surface area contributed by atoms with Gasteiger partial charge in [-0.1, -0.05) is 71.8 Å². The van der Waals surface area contributed by atoms with Gasteiger partial charge in [-0.25, -0.2) is 9.36 Å². The van der Waals surface area contributed by atoms with E-state index >= 15 is 0 Å². The molecule has 2 unspecified atom stereocenters. The topological polar surface area (TPSA) is 227 Å². The van der Waals surface area contributed by atoms with Gasteiger partial charge in [0.2, 0.25) is 5.72 Å². The largest absolute Gasteiger partial charge is 0.460 e. The minimum absolute atomic E-state index is 0. The van der Waals surface area contributed by atoms with Crippen LogP contribution in [0.25, 0.3) is 21.2 Å². The van der Waals surface area contributed by atoms with Crippen LogP contribution in [0, 0.1) is 0 Å². The smallest absolute Gasteiger partial charge is 0.459 e. The predicted octanol–water partition coefficient (Wildman–Crippen LogP) is 3.72. The summed E-state index contributed by atoms with van der Waals surface area (Å²) in [7, 11) is -4.65. The number of aromatic amines is 1. The summed E-state index contributed by atoms with van der Waals surface area (Å²) in [6, 6.07) is 20.6. The van der Waals surface area contributed by atoms with Crippen LogP contribution < -0.4 is 20.9 Å². The Morgan fingerprint density at radius 1 is 1.10 bits per heavy atom. The number of halogens is 2. The van der Waals surface area contributed by atoms with Gasteiger partial charge in [0.1, 0.15) is 30.6 Å². The number of benzene rings is 3. The zero-order valence-corrected chi connectivity index (χ0v) is 27.5. The van der Waals surface area contributed by atoms with Gasteiger partial charge in [-0.3, -0.25) is 23.7 Å². The summed E-state index contributed by atoms with van der Waals surface area (Å²) >= 11 is 0. The molecule has 19 heteroatoms. The van der Waals surface area contributed by atoms with Gasteiger partial charge < -0.3 is 24.2 Å². The lowest BCUT2D eigenvalue weighted by molar-refractivity contribution is -0.146. The number of carbonyl (C=O) groups excluding carboxylic acids is 1. The van der Waals surface area contributed by atoms with Gasteiger partial charge in [-0.05, 0) is 29.5 Å². The monoisotopic (exact) mass is 724 g/mol. The minimum Gasteiger partial charge on any atom is -0.460 e. The number of fused-ring (bicyclic) bond motifs is 1. The van der Waals surface area contributed by atoms with Crippen LogP contribution in [0.3, 0.4) is 0 Å². The van der Waals surface area contributed by atoms with Crippen molar-refractivity contribution < 1.29 is 38.1 Å². The molecule has 4 aromatic rings. The summed E-state index contributed by atoms with van der Waals surface area (Å²) in [6.07, 6.45) is -4.55. The highest BCUT2D eigenvalue weighted by molar-refractivity contribution is 7.52. The first kappa shape index (κ1) is 38.2. The van der Waals surface area contributed by atoms with Crippen LogP contribution in [0.4, 0.5) is 0 Å². The lowest BCUT2D eigenvalue weighted by atomic mass is 10.1. The second-order valence-electron chi connectivity index (χ2n) is 10.3. The van der Waals surface area contributed by atoms with E-state index in [2.05, 4.69) is 15.1 Å². The number of azide groups is 1. The number of aromatic nitrogens is 2. The van der Waals surface area contributed by atoms with Gasteiger partial charge in [0.05, 0.1) is 6.61 Å². The van der Waals surface area contributed by atoms with Gasteiger partial charge in [-0.2, -0.15) is 5.09 Å². The quantitative estimate of drug-likeness (QED) is 0.0541. The van der Waals surface area contributed by atoms with Gasteiger partial charge in [0.15, 0.2) is 6.23 Å². The second-order valence-corrected chi connectivity index (χ2v) is 12.0. The number of hydrogen-bond acceptors (Lipinski definition) is 11. The zero-order chi connectivity index (χ0) is 32.9. The second kappa shape index (κ2) is 16.3. The highest BCUT2D eigenvalue weighted by atomic mass is 35.5. The van der Waals surface area contributed by atoms with Crippen molar-refractivity contribution >= 4 is 49.3 Å². The molecule has 1 fully saturated rings. The molecule has 0 spiro atoms. The SMILES string of the molecule is C[C@H](NP(=O)(OCC1(N=[N+]=[N-])O[C@@H](n2ccc(=O)[nH]c2=O)[C@@H](O)[C@H]1O)Oc1cccc2ccccc12)C(=O)OCc1ccccc1.Cl.Cl. The molecule has 0 bridgehead atoms. The van der Waals surface area contributed by atoms with Crippen LogP contribution >= 0.6 is 32.6 Å². The number of H-pyrrole nitrogens is 1. The number of hydrogen-bond donors (Lipinski definition) is 4. The molecule has 0 radical (unpaired) electrons. The number of ether oxygens (including phenoxy) is 2. The lowest BCUT2D eigenvalue weighted by Crippen LogP contribution is -2.45. The van der Waals surface area contributed by atoms with E-state index in [4.69, 9.17) is 18.5 Å². The van der Waals surface area contributed by atoms with Gasteiger partial charge in [0.25, 0.3) is 5.56 Å². The fraction of sp³-hybridized carbons (Fsp3) is 0.276. The summed E-state index contributed by atoms with van der Waals surface area (Å²) < 4.78 is 37.7. The van der Waals surface area contributed by atoms with Crippen LogP contribution in [0.5, 0.6) is 5.75 Å². The van der Waals surface area contributed by atoms with Crippen molar-refractivity contribution in [3.63, 3.8) is 0 Å². The first-order valence-corrected chi connectivity index (χ1v) is 15.4. The normalized spacial score (nSPS) is 21.9. The van der Waals surface area contributed by atoms with E-state index in [-0.39, 0.29) is 37.2 Å². The Labute approximate surface area is 284 Å². The number of carbonyl (C=O) groups is 1. The third-order valence-electron chi connectivity index (χ3n) is 7.08. The van der Waals surface area contributed by atoms with Crippen LogP contribution in [-0.2, 0) is 30.0 Å². The van der Waals surface area contributed by atoms with Crippen molar-refractivity contribution in [3.8, 4) is 5.75 Å². The zero-order valence-electron chi connectivity index (χ0n) is 25.0. The maximum absolute atomic E-state index is 14.4. The van der Waals surface area contributed by atoms with Crippen molar-refractivity contribution in [3.05, 3.63) is 122 Å². The molecule has 0 saturated carbocycles. The molecule has 256 valence electrons. The predicted molar refractivity (Wildman–Crippen MR) is 177 cm³/mol. The molecule has 48 heavy (non-hydrogen) atoms. The summed E-state index contributed by atoms with van der Waals surface area (Å²) in [5, 5.41) is 29.0. The molecule has 1 aliphatic heterocycles. The average molecular weight is 725 g/mol. The van der Waals surface area contributed by atoms with Gasteiger partial charge >= 0.3 is 19.4 Å². The molecule has 1 aliphatic rings. The Hall–Kier alpha value is -4.21. The van der Waals surface area contributed by atoms with Crippen molar-refractivity contribution in [1.82, 2.24) is 14.6 Å². The summed E-state index contributed by atoms with van der Waals surface area (Å²) in [5.74, 6) is -0.703. The maximum atomic E-state index is 14.4. The van der Waals surface area contributed by atoms with Crippen molar-refractivity contribution in [2.24, 2.45) is 5.11 Å². The van der Waals surface area contributed by atoms with Gasteiger partial charge in [0, 0.05) is 22.6 Å². The minimum atomic E-state index is -4.65. The number of nitrogens with one attached hydrogen (secondary N) is 2. The Kier molecular flexibility index (Phi) is 13.0.